The van der Waals surface area contributed by atoms with Gasteiger partial charge in [-0.15, -0.1) is 0 Å². The molecule has 0 aliphatic carbocycles. The van der Waals surface area contributed by atoms with E-state index in [1.165, 1.54) is 6.07 Å². The molecule has 0 unspecified atom stereocenters. The molecule has 0 bridgehead atoms. The Morgan fingerprint density at radius 2 is 2.10 bits per heavy atom. The summed E-state index contributed by atoms with van der Waals surface area (Å²) in [6, 6.07) is 4.58. The highest BCUT2D eigenvalue weighted by molar-refractivity contribution is 5.90. The van der Waals surface area contributed by atoms with Crippen molar-refractivity contribution < 1.29 is 27.6 Å². The quantitative estimate of drug-likeness (QED) is 0.906. The van der Waals surface area contributed by atoms with Crippen LogP contribution in [-0.2, 0) is 12.7 Å². The van der Waals surface area contributed by atoms with Gasteiger partial charge in [-0.25, -0.2) is 4.79 Å². The minimum atomic E-state index is -4.74. The molecule has 21 heavy (non-hydrogen) atoms. The van der Waals surface area contributed by atoms with E-state index in [0.717, 1.165) is 12.1 Å². The van der Waals surface area contributed by atoms with Crippen LogP contribution < -0.4 is 5.32 Å². The van der Waals surface area contributed by atoms with E-state index < -0.39 is 23.3 Å². The Hall–Kier alpha value is -2.51. The van der Waals surface area contributed by atoms with E-state index >= 15 is 0 Å². The first kappa shape index (κ1) is 14.9. The van der Waals surface area contributed by atoms with Gasteiger partial charge in [-0.05, 0) is 25.1 Å². The van der Waals surface area contributed by atoms with Crippen LogP contribution in [0.1, 0.15) is 27.4 Å². The number of hydrogen-bond acceptors (Lipinski definition) is 4. The lowest BCUT2D eigenvalue weighted by Gasteiger charge is -2.12. The molecule has 2 N–H and O–H groups in total. The molecule has 1 aromatic carbocycles. The second-order valence-electron chi connectivity index (χ2n) is 4.35. The van der Waals surface area contributed by atoms with Crippen molar-refractivity contribution in [3.8, 4) is 0 Å². The normalized spacial score (nSPS) is 11.4. The summed E-state index contributed by atoms with van der Waals surface area (Å²) >= 11 is 0. The molecule has 5 nitrogen and oxygen atoms in total. The van der Waals surface area contributed by atoms with Crippen molar-refractivity contribution in [2.75, 3.05) is 5.32 Å². The van der Waals surface area contributed by atoms with Gasteiger partial charge in [0.25, 0.3) is 0 Å². The van der Waals surface area contributed by atoms with Crippen LogP contribution in [-0.4, -0.2) is 16.2 Å². The Balaban J connectivity index is 2.23. The number of rotatable bonds is 4. The summed E-state index contributed by atoms with van der Waals surface area (Å²) in [6.45, 7) is 1.86. The third kappa shape index (κ3) is 3.53. The van der Waals surface area contributed by atoms with Crippen molar-refractivity contribution in [1.29, 1.82) is 0 Å². The molecule has 0 amide bonds. The number of nitrogens with zero attached hydrogens (tertiary/aromatic N) is 1. The lowest BCUT2D eigenvalue weighted by Crippen LogP contribution is -2.13. The average Bonchev–Trinajstić information content (AvgIpc) is 2.81. The Morgan fingerprint density at radius 3 is 2.62 bits per heavy atom. The van der Waals surface area contributed by atoms with E-state index in [9.17, 15) is 18.0 Å². The van der Waals surface area contributed by atoms with Crippen LogP contribution in [0.3, 0.4) is 0 Å². The molecular formula is C13H11F3N2O3. The Labute approximate surface area is 117 Å². The maximum absolute atomic E-state index is 12.8. The summed E-state index contributed by atoms with van der Waals surface area (Å²) < 4.78 is 43.4. The molecule has 0 fully saturated rings. The number of benzene rings is 1. The smallest absolute Gasteiger partial charge is 0.417 e. The van der Waals surface area contributed by atoms with Crippen LogP contribution in [0.15, 0.2) is 28.8 Å². The third-order valence-corrected chi connectivity index (χ3v) is 2.70. The molecule has 2 aromatic rings. The van der Waals surface area contributed by atoms with E-state index in [4.69, 9.17) is 9.63 Å². The first-order chi connectivity index (χ1) is 9.77. The van der Waals surface area contributed by atoms with Crippen LogP contribution >= 0.6 is 0 Å². The van der Waals surface area contributed by atoms with E-state index in [-0.39, 0.29) is 12.2 Å². The summed E-state index contributed by atoms with van der Waals surface area (Å²) in [5, 5.41) is 15.2. The van der Waals surface area contributed by atoms with Gasteiger partial charge < -0.3 is 14.9 Å². The predicted molar refractivity (Wildman–Crippen MR) is 67.0 cm³/mol. The van der Waals surface area contributed by atoms with E-state index in [0.29, 0.717) is 11.5 Å². The van der Waals surface area contributed by atoms with Gasteiger partial charge in [0.15, 0.2) is 5.76 Å². The molecule has 0 spiro atoms. The van der Waals surface area contributed by atoms with Crippen molar-refractivity contribution in [3.63, 3.8) is 0 Å². The highest BCUT2D eigenvalue weighted by Crippen LogP contribution is 2.34. The van der Waals surface area contributed by atoms with Crippen molar-refractivity contribution in [2.24, 2.45) is 0 Å². The van der Waals surface area contributed by atoms with Crippen LogP contribution in [0.2, 0.25) is 0 Å². The lowest BCUT2D eigenvalue weighted by molar-refractivity contribution is -0.138. The van der Waals surface area contributed by atoms with Gasteiger partial charge in [-0.1, -0.05) is 5.16 Å². The number of hydrogen-bond donors (Lipinski definition) is 2. The zero-order valence-electron chi connectivity index (χ0n) is 10.9. The lowest BCUT2D eigenvalue weighted by atomic mass is 10.1. The standard InChI is InChI=1S/C13H11F3N2O3/c1-7-4-9(21-18-7)6-17-8-2-3-10(12(19)20)11(5-8)13(14,15)16/h2-5,17H,6H2,1H3,(H,19,20). The molecule has 2 rings (SSSR count). The minimum Gasteiger partial charge on any atom is -0.478 e. The first-order valence-electron chi connectivity index (χ1n) is 5.88. The Morgan fingerprint density at radius 1 is 1.38 bits per heavy atom. The fourth-order valence-corrected chi connectivity index (χ4v) is 1.76. The molecule has 0 saturated carbocycles. The van der Waals surface area contributed by atoms with E-state index in [2.05, 4.69) is 10.5 Å². The van der Waals surface area contributed by atoms with Crippen LogP contribution in [0, 0.1) is 6.92 Å². The number of carbonyl (C=O) groups is 1. The molecule has 0 saturated heterocycles. The summed E-state index contributed by atoms with van der Waals surface area (Å²) in [4.78, 5) is 10.8. The molecule has 8 heteroatoms. The summed E-state index contributed by atoms with van der Waals surface area (Å²) in [5.74, 6) is -1.16. The van der Waals surface area contributed by atoms with Gasteiger partial charge >= 0.3 is 12.1 Å². The summed E-state index contributed by atoms with van der Waals surface area (Å²) in [7, 11) is 0. The number of alkyl halides is 3. The van der Waals surface area contributed by atoms with Gasteiger partial charge in [0.2, 0.25) is 0 Å². The zero-order chi connectivity index (χ0) is 15.6. The second-order valence-corrected chi connectivity index (χ2v) is 4.35. The minimum absolute atomic E-state index is 0.140. The fourth-order valence-electron chi connectivity index (χ4n) is 1.76. The highest BCUT2D eigenvalue weighted by atomic mass is 19.4. The fraction of sp³-hybridized carbons (Fsp3) is 0.231. The molecule has 0 aliphatic heterocycles. The topological polar surface area (TPSA) is 75.4 Å². The molecular weight excluding hydrogens is 289 g/mol. The van der Waals surface area contributed by atoms with Crippen LogP contribution in [0.4, 0.5) is 18.9 Å². The van der Waals surface area contributed by atoms with Crippen LogP contribution in [0.25, 0.3) is 0 Å². The molecule has 112 valence electrons. The van der Waals surface area contributed by atoms with Gasteiger partial charge in [0.05, 0.1) is 23.4 Å². The second kappa shape index (κ2) is 5.47. The molecule has 0 radical (unpaired) electrons. The highest BCUT2D eigenvalue weighted by Gasteiger charge is 2.35. The van der Waals surface area contributed by atoms with Gasteiger partial charge in [-0.2, -0.15) is 13.2 Å². The number of aromatic carboxylic acids is 1. The number of aryl methyl sites for hydroxylation is 1. The largest absolute Gasteiger partial charge is 0.478 e. The maximum atomic E-state index is 12.8. The van der Waals surface area contributed by atoms with E-state index in [1.807, 2.05) is 0 Å². The first-order valence-corrected chi connectivity index (χ1v) is 5.88. The molecule has 1 aromatic heterocycles. The predicted octanol–water partition coefficient (Wildman–Crippen LogP) is 3.31. The van der Waals surface area contributed by atoms with Gasteiger partial charge in [0, 0.05) is 11.8 Å². The molecule has 0 atom stereocenters. The number of aromatic nitrogens is 1. The van der Waals surface area contributed by atoms with Gasteiger partial charge in [-0.3, -0.25) is 0 Å². The van der Waals surface area contributed by atoms with Crippen molar-refractivity contribution in [1.82, 2.24) is 5.16 Å². The Kier molecular flexibility index (Phi) is 3.88. The van der Waals surface area contributed by atoms with Gasteiger partial charge in [0.1, 0.15) is 0 Å². The van der Waals surface area contributed by atoms with Crippen LogP contribution in [0.5, 0.6) is 0 Å². The molecule has 0 aliphatic rings. The third-order valence-electron chi connectivity index (χ3n) is 2.70. The number of nitrogens with one attached hydrogen (secondary N) is 1. The summed E-state index contributed by atoms with van der Waals surface area (Å²) in [6.07, 6.45) is -4.74. The number of anilines is 1. The average molecular weight is 300 g/mol. The van der Waals surface area contributed by atoms with Crippen molar-refractivity contribution in [3.05, 3.63) is 46.8 Å². The van der Waals surface area contributed by atoms with E-state index in [1.54, 1.807) is 13.0 Å². The summed E-state index contributed by atoms with van der Waals surface area (Å²) in [5.41, 5.74) is -1.19. The molecule has 1 heterocycles. The monoisotopic (exact) mass is 300 g/mol. The number of carboxylic acid groups (broad SMARTS) is 1. The zero-order valence-corrected chi connectivity index (χ0v) is 10.9. The van der Waals surface area contributed by atoms with Crippen molar-refractivity contribution >= 4 is 11.7 Å². The maximum Gasteiger partial charge on any atom is 0.417 e. The SMILES string of the molecule is Cc1cc(CNc2ccc(C(=O)O)c(C(F)(F)F)c2)on1. The number of halogens is 3. The Bertz CT molecular complexity index is 665. The van der Waals surface area contributed by atoms with Crippen molar-refractivity contribution in [2.45, 2.75) is 19.6 Å². The number of carboxylic acids is 1.